The fourth-order valence-corrected chi connectivity index (χ4v) is 1.72. The van der Waals surface area contributed by atoms with Crippen LogP contribution in [-0.4, -0.2) is 11.7 Å². The van der Waals surface area contributed by atoms with E-state index >= 15 is 0 Å². The number of Topliss-reactive ketones (excluding diaryl/α,β-unsaturated/α-hetero) is 1. The summed E-state index contributed by atoms with van der Waals surface area (Å²) in [4.78, 5) is 22.8. The summed E-state index contributed by atoms with van der Waals surface area (Å²) < 4.78 is 0. The molecular formula is C11H14N2O2. The molecule has 4 heteroatoms. The molecule has 1 amide bonds. The Kier molecular flexibility index (Phi) is 3.21. The Bertz CT molecular complexity index is 402. The van der Waals surface area contributed by atoms with Crippen molar-refractivity contribution in [3.05, 3.63) is 34.4 Å². The first-order valence-corrected chi connectivity index (χ1v) is 4.60. The fraction of sp³-hybridized carbons (Fsp3) is 0.273. The zero-order chi connectivity index (χ0) is 11.6. The largest absolute Gasteiger partial charge is 0.306 e. The lowest BCUT2D eigenvalue weighted by molar-refractivity contribution is -0.117. The number of amides is 1. The fourth-order valence-electron chi connectivity index (χ4n) is 1.72. The molecule has 0 saturated heterocycles. The SMILES string of the molecule is Cc1cc(C)c(C(=O)C(=O)NN)c(C)c1. The molecule has 15 heavy (non-hydrogen) atoms. The molecule has 1 aromatic rings. The first-order chi connectivity index (χ1) is 6.97. The number of rotatable bonds is 2. The Morgan fingerprint density at radius 2 is 1.60 bits per heavy atom. The van der Waals surface area contributed by atoms with Crippen LogP contribution in [0.2, 0.25) is 0 Å². The van der Waals surface area contributed by atoms with E-state index in [1.54, 1.807) is 13.8 Å². The summed E-state index contributed by atoms with van der Waals surface area (Å²) in [6.45, 7) is 5.55. The van der Waals surface area contributed by atoms with E-state index in [1.807, 2.05) is 24.5 Å². The smallest absolute Gasteiger partial charge is 0.287 e. The third-order valence-electron chi connectivity index (χ3n) is 2.24. The Morgan fingerprint density at radius 3 is 2.00 bits per heavy atom. The molecule has 80 valence electrons. The molecule has 1 aromatic carbocycles. The van der Waals surface area contributed by atoms with E-state index in [9.17, 15) is 9.59 Å². The van der Waals surface area contributed by atoms with Crippen molar-refractivity contribution in [1.82, 2.24) is 5.43 Å². The maximum Gasteiger partial charge on any atom is 0.306 e. The molecule has 0 bridgehead atoms. The second-order valence-corrected chi connectivity index (χ2v) is 3.58. The molecule has 4 nitrogen and oxygen atoms in total. The lowest BCUT2D eigenvalue weighted by atomic mass is 9.96. The lowest BCUT2D eigenvalue weighted by Gasteiger charge is -2.08. The highest BCUT2D eigenvalue weighted by Gasteiger charge is 2.19. The second-order valence-electron chi connectivity index (χ2n) is 3.58. The van der Waals surface area contributed by atoms with Crippen LogP contribution in [0, 0.1) is 20.8 Å². The van der Waals surface area contributed by atoms with Crippen LogP contribution in [0.4, 0.5) is 0 Å². The normalized spacial score (nSPS) is 9.87. The molecule has 0 aliphatic carbocycles. The van der Waals surface area contributed by atoms with E-state index in [1.165, 1.54) is 0 Å². The van der Waals surface area contributed by atoms with Gasteiger partial charge in [0.2, 0.25) is 0 Å². The molecule has 0 radical (unpaired) electrons. The minimum absolute atomic E-state index is 0.434. The zero-order valence-electron chi connectivity index (χ0n) is 9.05. The topological polar surface area (TPSA) is 72.2 Å². The highest BCUT2D eigenvalue weighted by Crippen LogP contribution is 2.16. The van der Waals surface area contributed by atoms with Gasteiger partial charge in [-0.25, -0.2) is 5.84 Å². The summed E-state index contributed by atoms with van der Waals surface area (Å²) in [7, 11) is 0. The molecule has 0 heterocycles. The van der Waals surface area contributed by atoms with Crippen molar-refractivity contribution in [3.8, 4) is 0 Å². The molecule has 0 aliphatic rings. The third kappa shape index (κ3) is 2.22. The average Bonchev–Trinajstić information content (AvgIpc) is 2.14. The number of nitrogens with two attached hydrogens (primary N) is 1. The number of hydrogen-bond donors (Lipinski definition) is 2. The minimum Gasteiger partial charge on any atom is -0.287 e. The van der Waals surface area contributed by atoms with Gasteiger partial charge in [-0.05, 0) is 31.9 Å². The van der Waals surface area contributed by atoms with Crippen molar-refractivity contribution in [3.63, 3.8) is 0 Å². The minimum atomic E-state index is -0.787. The van der Waals surface area contributed by atoms with E-state index in [-0.39, 0.29) is 0 Å². The van der Waals surface area contributed by atoms with E-state index in [0.717, 1.165) is 16.7 Å². The molecule has 3 N–H and O–H groups in total. The number of nitrogens with one attached hydrogen (secondary N) is 1. The average molecular weight is 206 g/mol. The first-order valence-electron chi connectivity index (χ1n) is 4.60. The third-order valence-corrected chi connectivity index (χ3v) is 2.24. The van der Waals surface area contributed by atoms with Gasteiger partial charge in [0.15, 0.2) is 0 Å². The number of hydrogen-bond acceptors (Lipinski definition) is 3. The van der Waals surface area contributed by atoms with E-state index in [2.05, 4.69) is 0 Å². The molecule has 0 aromatic heterocycles. The van der Waals surface area contributed by atoms with Crippen LogP contribution in [-0.2, 0) is 4.79 Å². The molecule has 1 rings (SSSR count). The van der Waals surface area contributed by atoms with Crippen molar-refractivity contribution in [2.45, 2.75) is 20.8 Å². The summed E-state index contributed by atoms with van der Waals surface area (Å²) in [6.07, 6.45) is 0. The predicted octanol–water partition coefficient (Wildman–Crippen LogP) is 0.784. The van der Waals surface area contributed by atoms with Gasteiger partial charge in [0, 0.05) is 5.56 Å². The maximum atomic E-state index is 11.6. The van der Waals surface area contributed by atoms with Gasteiger partial charge in [-0.1, -0.05) is 17.7 Å². The maximum absolute atomic E-state index is 11.6. The Hall–Kier alpha value is -1.68. The van der Waals surface area contributed by atoms with E-state index < -0.39 is 11.7 Å². The predicted molar refractivity (Wildman–Crippen MR) is 57.3 cm³/mol. The lowest BCUT2D eigenvalue weighted by Crippen LogP contribution is -2.36. The first kappa shape index (κ1) is 11.4. The number of ketones is 1. The van der Waals surface area contributed by atoms with Gasteiger partial charge in [0.25, 0.3) is 5.78 Å². The van der Waals surface area contributed by atoms with Gasteiger partial charge in [0.05, 0.1) is 0 Å². The standard InChI is InChI=1S/C11H14N2O2/c1-6-4-7(2)9(8(3)5-6)10(14)11(15)13-12/h4-5H,12H2,1-3H3,(H,13,15). The number of benzene rings is 1. The van der Waals surface area contributed by atoms with Gasteiger partial charge < -0.3 is 0 Å². The van der Waals surface area contributed by atoms with Gasteiger partial charge >= 0.3 is 5.91 Å². The zero-order valence-corrected chi connectivity index (χ0v) is 9.05. The van der Waals surface area contributed by atoms with Gasteiger partial charge in [-0.3, -0.25) is 15.0 Å². The molecule has 0 saturated carbocycles. The second kappa shape index (κ2) is 4.23. The van der Waals surface area contributed by atoms with Crippen LogP contribution >= 0.6 is 0 Å². The number of carbonyl (C=O) groups excluding carboxylic acids is 2. The van der Waals surface area contributed by atoms with Crippen molar-refractivity contribution in [2.75, 3.05) is 0 Å². The molecule has 0 aliphatic heterocycles. The molecular weight excluding hydrogens is 192 g/mol. The van der Waals surface area contributed by atoms with Gasteiger partial charge in [-0.2, -0.15) is 0 Å². The van der Waals surface area contributed by atoms with Crippen LogP contribution < -0.4 is 11.3 Å². The van der Waals surface area contributed by atoms with E-state index in [0.29, 0.717) is 5.56 Å². The van der Waals surface area contributed by atoms with Crippen molar-refractivity contribution < 1.29 is 9.59 Å². The van der Waals surface area contributed by atoms with Crippen molar-refractivity contribution >= 4 is 11.7 Å². The summed E-state index contributed by atoms with van der Waals surface area (Å²) in [5, 5.41) is 0. The summed E-state index contributed by atoms with van der Waals surface area (Å²) in [5.41, 5.74) is 4.93. The van der Waals surface area contributed by atoms with E-state index in [4.69, 9.17) is 5.84 Å². The molecule has 0 spiro atoms. The summed E-state index contributed by atoms with van der Waals surface area (Å²) >= 11 is 0. The van der Waals surface area contributed by atoms with Gasteiger partial charge in [-0.15, -0.1) is 0 Å². The van der Waals surface area contributed by atoms with Crippen LogP contribution in [0.15, 0.2) is 12.1 Å². The van der Waals surface area contributed by atoms with Crippen LogP contribution in [0.5, 0.6) is 0 Å². The van der Waals surface area contributed by atoms with Gasteiger partial charge in [0.1, 0.15) is 0 Å². The highest BCUT2D eigenvalue weighted by molar-refractivity contribution is 6.43. The number of aryl methyl sites for hydroxylation is 3. The Labute approximate surface area is 88.4 Å². The Morgan fingerprint density at radius 1 is 1.13 bits per heavy atom. The van der Waals surface area contributed by atoms with Crippen molar-refractivity contribution in [1.29, 1.82) is 0 Å². The van der Waals surface area contributed by atoms with Crippen LogP contribution in [0.1, 0.15) is 27.0 Å². The number of hydrazine groups is 1. The highest BCUT2D eigenvalue weighted by atomic mass is 16.2. The monoisotopic (exact) mass is 206 g/mol. The molecule has 0 fully saturated rings. The Balaban J connectivity index is 3.26. The quantitative estimate of drug-likeness (QED) is 0.247. The summed E-state index contributed by atoms with van der Waals surface area (Å²) in [5.74, 6) is 3.54. The summed E-state index contributed by atoms with van der Waals surface area (Å²) in [6, 6.07) is 3.73. The molecule has 0 atom stereocenters. The van der Waals surface area contributed by atoms with Crippen molar-refractivity contribution in [2.24, 2.45) is 5.84 Å². The van der Waals surface area contributed by atoms with Crippen LogP contribution in [0.25, 0.3) is 0 Å². The van der Waals surface area contributed by atoms with Crippen LogP contribution in [0.3, 0.4) is 0 Å². The number of carbonyl (C=O) groups is 2. The molecule has 0 unspecified atom stereocenters.